The zero-order chi connectivity index (χ0) is 22.5. The fraction of sp³-hybridized carbons (Fsp3) is 0.565. The van der Waals surface area contributed by atoms with Crippen molar-refractivity contribution in [3.8, 4) is 0 Å². The van der Waals surface area contributed by atoms with Crippen LogP contribution < -0.4 is 10.9 Å². The number of nitrogens with zero attached hydrogens (tertiary/aromatic N) is 3. The van der Waals surface area contributed by atoms with E-state index in [9.17, 15) is 9.59 Å². The average molecular weight is 445 g/mol. The van der Waals surface area contributed by atoms with Gasteiger partial charge in [-0.15, -0.1) is 0 Å². The maximum absolute atomic E-state index is 12.7. The van der Waals surface area contributed by atoms with Crippen molar-refractivity contribution in [1.29, 1.82) is 0 Å². The molecule has 2 amide bonds. The van der Waals surface area contributed by atoms with Gasteiger partial charge in [-0.25, -0.2) is 9.59 Å². The number of hydrogen-bond acceptors (Lipinski definition) is 7. The number of urea groups is 1. The molecule has 174 valence electrons. The van der Waals surface area contributed by atoms with E-state index in [2.05, 4.69) is 15.1 Å². The van der Waals surface area contributed by atoms with Gasteiger partial charge in [-0.2, -0.15) is 0 Å². The van der Waals surface area contributed by atoms with Gasteiger partial charge in [-0.1, -0.05) is 0 Å². The van der Waals surface area contributed by atoms with Crippen molar-refractivity contribution in [2.75, 3.05) is 77.5 Å². The van der Waals surface area contributed by atoms with Gasteiger partial charge in [0.25, 0.3) is 0 Å². The van der Waals surface area contributed by atoms with E-state index in [-0.39, 0.29) is 18.3 Å². The van der Waals surface area contributed by atoms with Crippen molar-refractivity contribution in [1.82, 2.24) is 14.7 Å². The van der Waals surface area contributed by atoms with Crippen molar-refractivity contribution >= 4 is 22.7 Å². The van der Waals surface area contributed by atoms with Crippen LogP contribution in [0, 0.1) is 6.92 Å². The Balaban J connectivity index is 1.42. The van der Waals surface area contributed by atoms with E-state index in [1.807, 2.05) is 19.1 Å². The van der Waals surface area contributed by atoms with Gasteiger partial charge in [0.2, 0.25) is 0 Å². The van der Waals surface area contributed by atoms with E-state index >= 15 is 0 Å². The Hall–Kier alpha value is -2.46. The maximum atomic E-state index is 12.7. The molecule has 0 atom stereocenters. The highest BCUT2D eigenvalue weighted by Crippen LogP contribution is 2.24. The van der Waals surface area contributed by atoms with Crippen LogP contribution in [0.3, 0.4) is 0 Å². The summed E-state index contributed by atoms with van der Waals surface area (Å²) in [5.41, 5.74) is 2.41. The molecule has 9 heteroatoms. The van der Waals surface area contributed by atoms with Gasteiger partial charge in [0, 0.05) is 75.1 Å². The molecule has 2 aromatic rings. The van der Waals surface area contributed by atoms with Crippen molar-refractivity contribution in [2.45, 2.75) is 13.3 Å². The van der Waals surface area contributed by atoms with Crippen LogP contribution in [0.5, 0.6) is 0 Å². The SMILES string of the molecule is Cc1c(CCN2CCOCC2)c(=O)oc2cc(NC(=O)N3CCN(CCO)CC3)ccc12. The van der Waals surface area contributed by atoms with Gasteiger partial charge in [-0.3, -0.25) is 9.80 Å². The number of aliphatic hydroxyl groups is 1. The van der Waals surface area contributed by atoms with E-state index in [4.69, 9.17) is 14.3 Å². The molecule has 4 rings (SSSR count). The van der Waals surface area contributed by atoms with E-state index in [0.29, 0.717) is 42.9 Å². The van der Waals surface area contributed by atoms with Crippen LogP contribution in [-0.2, 0) is 11.2 Å². The number of morpholine rings is 1. The molecular formula is C23H32N4O5. The van der Waals surface area contributed by atoms with Crippen molar-refractivity contribution in [3.05, 3.63) is 39.7 Å². The van der Waals surface area contributed by atoms with Crippen LogP contribution in [0.15, 0.2) is 27.4 Å². The Morgan fingerprint density at radius 3 is 2.50 bits per heavy atom. The molecular weight excluding hydrogens is 412 g/mol. The summed E-state index contributed by atoms with van der Waals surface area (Å²) in [7, 11) is 0. The van der Waals surface area contributed by atoms with Crippen LogP contribution in [0.2, 0.25) is 0 Å². The highest BCUT2D eigenvalue weighted by Gasteiger charge is 2.21. The Morgan fingerprint density at radius 1 is 1.06 bits per heavy atom. The third-order valence-corrected chi connectivity index (χ3v) is 6.40. The van der Waals surface area contributed by atoms with Gasteiger partial charge in [0.05, 0.1) is 19.8 Å². The largest absolute Gasteiger partial charge is 0.422 e. The average Bonchev–Trinajstić information content (AvgIpc) is 2.80. The molecule has 2 fully saturated rings. The summed E-state index contributed by atoms with van der Waals surface area (Å²) in [6.45, 7) is 9.47. The highest BCUT2D eigenvalue weighted by molar-refractivity contribution is 5.92. The number of hydrogen-bond donors (Lipinski definition) is 2. The van der Waals surface area contributed by atoms with Gasteiger partial charge >= 0.3 is 11.7 Å². The number of β-amino-alcohol motifs (C(OH)–C–C–N with tert-alkyl or cyclic N) is 1. The molecule has 2 aliphatic rings. The Kier molecular flexibility index (Phi) is 7.41. The summed E-state index contributed by atoms with van der Waals surface area (Å²) in [5, 5.41) is 12.8. The molecule has 0 spiro atoms. The second-order valence-corrected chi connectivity index (χ2v) is 8.39. The van der Waals surface area contributed by atoms with Crippen molar-refractivity contribution in [3.63, 3.8) is 0 Å². The highest BCUT2D eigenvalue weighted by atomic mass is 16.5. The predicted octanol–water partition coefficient (Wildman–Crippen LogP) is 1.12. The number of aliphatic hydroxyl groups excluding tert-OH is 1. The number of benzene rings is 1. The lowest BCUT2D eigenvalue weighted by Gasteiger charge is -2.34. The molecule has 0 aliphatic carbocycles. The van der Waals surface area contributed by atoms with Gasteiger partial charge in [0.15, 0.2) is 0 Å². The third kappa shape index (κ3) is 5.29. The van der Waals surface area contributed by atoms with Crippen LogP contribution in [-0.4, -0.2) is 98.0 Å². The minimum absolute atomic E-state index is 0.128. The Morgan fingerprint density at radius 2 is 1.78 bits per heavy atom. The van der Waals surface area contributed by atoms with Crippen LogP contribution in [0.4, 0.5) is 10.5 Å². The molecule has 1 aromatic carbocycles. The maximum Gasteiger partial charge on any atom is 0.339 e. The van der Waals surface area contributed by atoms with Crippen LogP contribution >= 0.6 is 0 Å². The number of nitrogens with one attached hydrogen (secondary N) is 1. The minimum atomic E-state index is -0.313. The number of anilines is 1. The normalized spacial score (nSPS) is 18.2. The summed E-state index contributed by atoms with van der Waals surface area (Å²) in [4.78, 5) is 31.5. The fourth-order valence-electron chi connectivity index (χ4n) is 4.37. The molecule has 0 bridgehead atoms. The lowest BCUT2D eigenvalue weighted by molar-refractivity contribution is 0.0383. The molecule has 0 radical (unpaired) electrons. The lowest BCUT2D eigenvalue weighted by Crippen LogP contribution is -2.50. The zero-order valence-electron chi connectivity index (χ0n) is 18.6. The Labute approximate surface area is 187 Å². The number of carbonyl (C=O) groups is 1. The number of amides is 2. The second kappa shape index (κ2) is 10.4. The van der Waals surface area contributed by atoms with Crippen LogP contribution in [0.25, 0.3) is 11.0 Å². The number of piperazine rings is 1. The smallest absolute Gasteiger partial charge is 0.339 e. The number of rotatable bonds is 6. The first-order valence-corrected chi connectivity index (χ1v) is 11.3. The molecule has 2 aliphatic heterocycles. The van der Waals surface area contributed by atoms with E-state index in [1.54, 1.807) is 11.0 Å². The van der Waals surface area contributed by atoms with E-state index in [1.165, 1.54) is 0 Å². The summed E-state index contributed by atoms with van der Waals surface area (Å²) >= 11 is 0. The first-order chi connectivity index (χ1) is 15.5. The quantitative estimate of drug-likeness (QED) is 0.644. The molecule has 2 saturated heterocycles. The van der Waals surface area contributed by atoms with Gasteiger partial charge in [0.1, 0.15) is 5.58 Å². The lowest BCUT2D eigenvalue weighted by atomic mass is 10.0. The standard InChI is InChI=1S/C23H32N4O5/c1-17-19-3-2-18(24-23(30)27-8-6-26(7-9-27)10-13-28)16-21(19)32-22(29)20(17)4-5-25-11-14-31-15-12-25/h2-3,16,28H,4-15H2,1H3,(H,24,30). The first kappa shape index (κ1) is 22.7. The van der Waals surface area contributed by atoms with E-state index < -0.39 is 0 Å². The molecule has 9 nitrogen and oxygen atoms in total. The molecule has 0 saturated carbocycles. The monoisotopic (exact) mass is 444 g/mol. The summed E-state index contributed by atoms with van der Waals surface area (Å²) in [5.74, 6) is 0. The third-order valence-electron chi connectivity index (χ3n) is 6.40. The Bertz CT molecular complexity index is 994. The van der Waals surface area contributed by atoms with Crippen LogP contribution in [0.1, 0.15) is 11.1 Å². The van der Waals surface area contributed by atoms with Crippen molar-refractivity contribution < 1.29 is 19.1 Å². The fourth-order valence-corrected chi connectivity index (χ4v) is 4.37. The summed E-state index contributed by atoms with van der Waals surface area (Å²) < 4.78 is 11.0. The number of aryl methyl sites for hydroxylation is 1. The van der Waals surface area contributed by atoms with E-state index in [0.717, 1.165) is 56.9 Å². The molecule has 2 N–H and O–H groups in total. The minimum Gasteiger partial charge on any atom is -0.422 e. The molecule has 1 aromatic heterocycles. The molecule has 32 heavy (non-hydrogen) atoms. The van der Waals surface area contributed by atoms with Gasteiger partial charge < -0.3 is 24.5 Å². The number of ether oxygens (including phenoxy) is 1. The van der Waals surface area contributed by atoms with Crippen molar-refractivity contribution in [2.24, 2.45) is 0 Å². The first-order valence-electron chi connectivity index (χ1n) is 11.3. The van der Waals surface area contributed by atoms with Gasteiger partial charge in [-0.05, 0) is 31.0 Å². The number of fused-ring (bicyclic) bond motifs is 1. The molecule has 3 heterocycles. The predicted molar refractivity (Wildman–Crippen MR) is 122 cm³/mol. The second-order valence-electron chi connectivity index (χ2n) is 8.39. The summed E-state index contributed by atoms with van der Waals surface area (Å²) in [6, 6.07) is 5.30. The molecule has 0 unspecified atom stereocenters. The zero-order valence-corrected chi connectivity index (χ0v) is 18.6. The summed E-state index contributed by atoms with van der Waals surface area (Å²) in [6.07, 6.45) is 0.644. The number of carbonyl (C=O) groups excluding carboxylic acids is 1. The topological polar surface area (TPSA) is 98.5 Å².